The molecule has 1 atom stereocenters. The lowest BCUT2D eigenvalue weighted by Gasteiger charge is -2.51. The maximum Gasteiger partial charge on any atom is 0.225 e. The Morgan fingerprint density at radius 1 is 0.962 bits per heavy atom. The van der Waals surface area contributed by atoms with Crippen LogP contribution in [-0.4, -0.2) is 58.8 Å². The third-order valence-electron chi connectivity index (χ3n) is 5.45. The van der Waals surface area contributed by atoms with Crippen LogP contribution in [-0.2, 0) is 0 Å². The highest BCUT2D eigenvalue weighted by molar-refractivity contribution is 6.31. The SMILES string of the molecule is [O-][N+]1(C(c2ccccc2Cl)N2CCN(c3ncccn3)CC2)CCCC1. The number of hydrogen-bond donors (Lipinski definition) is 0. The topological polar surface area (TPSA) is 55.3 Å². The maximum atomic E-state index is 13.6. The molecule has 1 aromatic carbocycles. The summed E-state index contributed by atoms with van der Waals surface area (Å²) < 4.78 is -0.189. The summed E-state index contributed by atoms with van der Waals surface area (Å²) in [4.78, 5) is 13.2. The third-order valence-corrected chi connectivity index (χ3v) is 5.79. The van der Waals surface area contributed by atoms with E-state index in [0.29, 0.717) is 18.1 Å². The molecule has 0 spiro atoms. The fourth-order valence-electron chi connectivity index (χ4n) is 4.17. The first-order chi connectivity index (χ1) is 12.7. The molecule has 0 saturated carbocycles. The lowest BCUT2D eigenvalue weighted by Crippen LogP contribution is -2.56. The first-order valence-corrected chi connectivity index (χ1v) is 9.63. The van der Waals surface area contributed by atoms with Gasteiger partial charge in [-0.2, -0.15) is 0 Å². The highest BCUT2D eigenvalue weighted by Crippen LogP contribution is 2.39. The summed E-state index contributed by atoms with van der Waals surface area (Å²) in [5.74, 6) is 0.758. The molecule has 3 heterocycles. The van der Waals surface area contributed by atoms with Crippen molar-refractivity contribution in [1.82, 2.24) is 14.9 Å². The zero-order valence-corrected chi connectivity index (χ0v) is 15.6. The zero-order valence-electron chi connectivity index (χ0n) is 14.8. The first kappa shape index (κ1) is 17.7. The summed E-state index contributed by atoms with van der Waals surface area (Å²) >= 11 is 6.50. The summed E-state index contributed by atoms with van der Waals surface area (Å²) in [6.45, 7) is 4.55. The number of quaternary nitrogens is 1. The van der Waals surface area contributed by atoms with Gasteiger partial charge in [-0.15, -0.1) is 0 Å². The van der Waals surface area contributed by atoms with Gasteiger partial charge < -0.3 is 14.8 Å². The molecule has 0 bridgehead atoms. The van der Waals surface area contributed by atoms with Crippen LogP contribution in [0, 0.1) is 5.21 Å². The Bertz CT molecular complexity index is 730. The molecule has 0 aliphatic carbocycles. The van der Waals surface area contributed by atoms with E-state index >= 15 is 0 Å². The first-order valence-electron chi connectivity index (χ1n) is 9.26. The van der Waals surface area contributed by atoms with Crippen molar-refractivity contribution in [3.8, 4) is 0 Å². The third kappa shape index (κ3) is 3.42. The van der Waals surface area contributed by atoms with Crippen molar-refractivity contribution >= 4 is 17.5 Å². The van der Waals surface area contributed by atoms with E-state index in [-0.39, 0.29) is 10.8 Å². The van der Waals surface area contributed by atoms with Crippen LogP contribution < -0.4 is 4.90 Å². The van der Waals surface area contributed by atoms with E-state index in [4.69, 9.17) is 11.6 Å². The van der Waals surface area contributed by atoms with Gasteiger partial charge in [-0.05, 0) is 12.1 Å². The minimum absolute atomic E-state index is 0.189. The van der Waals surface area contributed by atoms with Gasteiger partial charge in [0.25, 0.3) is 0 Å². The maximum absolute atomic E-state index is 13.6. The second kappa shape index (κ2) is 7.48. The number of aromatic nitrogens is 2. The molecule has 0 N–H and O–H groups in total. The lowest BCUT2D eigenvalue weighted by atomic mass is 10.1. The second-order valence-corrected chi connectivity index (χ2v) is 7.48. The Labute approximate surface area is 159 Å². The molecule has 26 heavy (non-hydrogen) atoms. The molecule has 6 nitrogen and oxygen atoms in total. The highest BCUT2D eigenvalue weighted by Gasteiger charge is 2.40. The van der Waals surface area contributed by atoms with Crippen LogP contribution in [0.25, 0.3) is 0 Å². The quantitative estimate of drug-likeness (QED) is 0.609. The summed E-state index contributed by atoms with van der Waals surface area (Å²) in [6.07, 6.45) is 5.28. The molecule has 2 aliphatic heterocycles. The largest absolute Gasteiger partial charge is 0.631 e. The molecule has 138 valence electrons. The van der Waals surface area contributed by atoms with Crippen molar-refractivity contribution in [2.24, 2.45) is 0 Å². The van der Waals surface area contributed by atoms with Crippen molar-refractivity contribution < 1.29 is 4.65 Å². The molecule has 0 radical (unpaired) electrons. The van der Waals surface area contributed by atoms with Crippen LogP contribution in [0.2, 0.25) is 5.02 Å². The smallest absolute Gasteiger partial charge is 0.225 e. The zero-order chi connectivity index (χ0) is 18.0. The van der Waals surface area contributed by atoms with Crippen LogP contribution in [0.4, 0.5) is 5.95 Å². The Balaban J connectivity index is 1.57. The van der Waals surface area contributed by atoms with Crippen molar-refractivity contribution in [3.63, 3.8) is 0 Å². The number of anilines is 1. The van der Waals surface area contributed by atoms with Gasteiger partial charge in [-0.1, -0.05) is 29.8 Å². The number of nitrogens with zero attached hydrogens (tertiary/aromatic N) is 5. The second-order valence-electron chi connectivity index (χ2n) is 7.07. The van der Waals surface area contributed by atoms with Crippen LogP contribution in [0.15, 0.2) is 42.7 Å². The van der Waals surface area contributed by atoms with Gasteiger partial charge in [0, 0.05) is 57.0 Å². The minimum atomic E-state index is -0.231. The number of rotatable bonds is 4. The van der Waals surface area contributed by atoms with E-state index < -0.39 is 0 Å². The molecule has 2 aliphatic rings. The normalized spacial score (nSPS) is 21.7. The summed E-state index contributed by atoms with van der Waals surface area (Å²) in [6, 6.07) is 9.62. The molecule has 1 unspecified atom stereocenters. The molecule has 0 amide bonds. The molecule has 4 rings (SSSR count). The molecule has 7 heteroatoms. The van der Waals surface area contributed by atoms with Gasteiger partial charge in [-0.25, -0.2) is 14.9 Å². The van der Waals surface area contributed by atoms with E-state index in [1.165, 1.54) is 0 Å². The van der Waals surface area contributed by atoms with Gasteiger partial charge in [0.1, 0.15) is 0 Å². The predicted octanol–water partition coefficient (Wildman–Crippen LogP) is 3.06. The Hall–Kier alpha value is -1.73. The van der Waals surface area contributed by atoms with Crippen LogP contribution in [0.1, 0.15) is 24.6 Å². The van der Waals surface area contributed by atoms with Gasteiger partial charge in [-0.3, -0.25) is 0 Å². The van der Waals surface area contributed by atoms with E-state index in [2.05, 4.69) is 19.8 Å². The molecule has 2 aromatic rings. The van der Waals surface area contributed by atoms with Crippen LogP contribution in [0.5, 0.6) is 0 Å². The summed E-state index contributed by atoms with van der Waals surface area (Å²) in [5.41, 5.74) is 0.954. The minimum Gasteiger partial charge on any atom is -0.631 e. The van der Waals surface area contributed by atoms with Gasteiger partial charge in [0.05, 0.1) is 18.1 Å². The summed E-state index contributed by atoms with van der Waals surface area (Å²) in [7, 11) is 0. The van der Waals surface area contributed by atoms with E-state index in [9.17, 15) is 5.21 Å². The average molecular weight is 374 g/mol. The van der Waals surface area contributed by atoms with Crippen molar-refractivity contribution in [2.45, 2.75) is 19.0 Å². The number of benzene rings is 1. The fourth-order valence-corrected chi connectivity index (χ4v) is 4.40. The number of hydroxylamine groups is 3. The average Bonchev–Trinajstić information content (AvgIpc) is 3.12. The van der Waals surface area contributed by atoms with E-state index in [1.54, 1.807) is 12.4 Å². The van der Waals surface area contributed by atoms with Crippen molar-refractivity contribution in [1.29, 1.82) is 0 Å². The number of likely N-dealkylation sites (tertiary alicyclic amines) is 1. The van der Waals surface area contributed by atoms with Gasteiger partial charge in [0.2, 0.25) is 5.95 Å². The van der Waals surface area contributed by atoms with Gasteiger partial charge >= 0.3 is 0 Å². The lowest BCUT2D eigenvalue weighted by molar-refractivity contribution is -0.913. The number of piperazine rings is 1. The van der Waals surface area contributed by atoms with E-state index in [0.717, 1.165) is 50.5 Å². The highest BCUT2D eigenvalue weighted by atomic mass is 35.5. The van der Waals surface area contributed by atoms with Crippen LogP contribution >= 0.6 is 11.6 Å². The van der Waals surface area contributed by atoms with Crippen molar-refractivity contribution in [2.75, 3.05) is 44.2 Å². The molecular formula is C19H24ClN5O. The summed E-state index contributed by atoms with van der Waals surface area (Å²) in [5, 5.41) is 14.3. The van der Waals surface area contributed by atoms with Crippen molar-refractivity contribution in [3.05, 3.63) is 58.5 Å². The standard InChI is InChI=1S/C19H24ClN5O/c20-17-7-2-1-6-16(17)18(25(26)14-3-4-15-25)23-10-12-24(13-11-23)19-21-8-5-9-22-19/h1-2,5-9,18H,3-4,10-15H2. The monoisotopic (exact) mass is 373 g/mol. The fraction of sp³-hybridized carbons (Fsp3) is 0.474. The molecular weight excluding hydrogens is 350 g/mol. The molecule has 1 aromatic heterocycles. The predicted molar refractivity (Wildman–Crippen MR) is 103 cm³/mol. The Morgan fingerprint density at radius 3 is 2.27 bits per heavy atom. The molecule has 2 fully saturated rings. The van der Waals surface area contributed by atoms with E-state index in [1.807, 2.05) is 30.3 Å². The Kier molecular flexibility index (Phi) is 5.09. The number of halogens is 1. The molecule has 2 saturated heterocycles. The Morgan fingerprint density at radius 2 is 1.62 bits per heavy atom. The number of hydrogen-bond acceptors (Lipinski definition) is 5. The van der Waals surface area contributed by atoms with Crippen LogP contribution in [0.3, 0.4) is 0 Å². The van der Waals surface area contributed by atoms with Gasteiger partial charge in [0.15, 0.2) is 6.17 Å².